The summed E-state index contributed by atoms with van der Waals surface area (Å²) < 4.78 is 0.299. The first-order valence-electron chi connectivity index (χ1n) is 6.57. The van der Waals surface area contributed by atoms with E-state index < -0.39 is 0 Å². The molecule has 1 heteroatoms. The van der Waals surface area contributed by atoms with Gasteiger partial charge in [-0.3, -0.25) is 0 Å². The fraction of sp³-hybridized carbons (Fsp3) is 0.625. The van der Waals surface area contributed by atoms with Crippen molar-refractivity contribution in [3.05, 3.63) is 28.8 Å². The smallest absolute Gasteiger partial charge is 0.0242 e. The van der Waals surface area contributed by atoms with E-state index in [4.69, 9.17) is 0 Å². The summed E-state index contributed by atoms with van der Waals surface area (Å²) in [7, 11) is 0. The quantitative estimate of drug-likeness (QED) is 0.586. The van der Waals surface area contributed by atoms with Gasteiger partial charge in [0.1, 0.15) is 0 Å². The van der Waals surface area contributed by atoms with E-state index in [1.54, 1.807) is 5.56 Å². The maximum Gasteiger partial charge on any atom is 0.0242 e. The Kier molecular flexibility index (Phi) is 4.03. The third-order valence-corrected chi connectivity index (χ3v) is 5.77. The van der Waals surface area contributed by atoms with Gasteiger partial charge in [-0.2, -0.15) is 0 Å². The summed E-state index contributed by atoms with van der Waals surface area (Å²) in [6.07, 6.45) is 0. The summed E-state index contributed by atoms with van der Waals surface area (Å²) >= 11 is 2.02. The minimum absolute atomic E-state index is 0.267. The van der Waals surface area contributed by atoms with Crippen LogP contribution in [0.1, 0.15) is 58.2 Å². The summed E-state index contributed by atoms with van der Waals surface area (Å²) in [6, 6.07) is 4.54. The summed E-state index contributed by atoms with van der Waals surface area (Å²) in [5, 5.41) is 0. The van der Waals surface area contributed by atoms with Crippen molar-refractivity contribution in [2.45, 2.75) is 70.4 Å². The van der Waals surface area contributed by atoms with Crippen LogP contribution in [0.25, 0.3) is 0 Å². The van der Waals surface area contributed by atoms with E-state index in [-0.39, 0.29) is 5.41 Å². The Labute approximate surface area is 111 Å². The molecule has 1 aromatic carbocycles. The zero-order valence-corrected chi connectivity index (χ0v) is 13.4. The van der Waals surface area contributed by atoms with E-state index >= 15 is 0 Å². The number of fused-ring (bicyclic) bond motifs is 1. The summed E-state index contributed by atoms with van der Waals surface area (Å²) in [5.74, 6) is 0. The highest BCUT2D eigenvalue weighted by Crippen LogP contribution is 2.57. The number of thioether (sulfide) groups is 1. The van der Waals surface area contributed by atoms with Gasteiger partial charge in [0.15, 0.2) is 0 Å². The lowest BCUT2D eigenvalue weighted by Gasteiger charge is -2.35. The lowest BCUT2D eigenvalue weighted by molar-refractivity contribution is 0.419. The van der Waals surface area contributed by atoms with Crippen LogP contribution in [0, 0.1) is 13.8 Å². The molecule has 0 atom stereocenters. The lowest BCUT2D eigenvalue weighted by Crippen LogP contribution is -2.36. The Morgan fingerprint density at radius 2 is 1.47 bits per heavy atom. The second-order valence-electron chi connectivity index (χ2n) is 5.62. The molecular formula is C16H26S. The van der Waals surface area contributed by atoms with Crippen molar-refractivity contribution < 1.29 is 0 Å². The second-order valence-corrected chi connectivity index (χ2v) is 7.28. The Morgan fingerprint density at radius 1 is 0.941 bits per heavy atom. The maximum atomic E-state index is 2.37. The zero-order chi connectivity index (χ0) is 13.4. The molecule has 0 unspecified atom stereocenters. The van der Waals surface area contributed by atoms with Gasteiger partial charge in [-0.05, 0) is 50.5 Å². The minimum atomic E-state index is 0.267. The van der Waals surface area contributed by atoms with Gasteiger partial charge in [-0.15, -0.1) is 11.8 Å². The van der Waals surface area contributed by atoms with Gasteiger partial charge in [0, 0.05) is 15.1 Å². The third kappa shape index (κ3) is 2.14. The average molecular weight is 250 g/mol. The Morgan fingerprint density at radius 3 is 2.00 bits per heavy atom. The molecular weight excluding hydrogens is 224 g/mol. The molecule has 2 rings (SSSR count). The van der Waals surface area contributed by atoms with Gasteiger partial charge < -0.3 is 0 Å². The molecule has 0 spiro atoms. The van der Waals surface area contributed by atoms with Crippen LogP contribution in [-0.4, -0.2) is 4.75 Å². The van der Waals surface area contributed by atoms with Crippen molar-refractivity contribution in [2.24, 2.45) is 0 Å². The van der Waals surface area contributed by atoms with Crippen molar-refractivity contribution in [3.8, 4) is 0 Å². The molecule has 0 N–H and O–H groups in total. The van der Waals surface area contributed by atoms with Crippen LogP contribution in [0.4, 0.5) is 0 Å². The molecule has 0 nitrogen and oxygen atoms in total. The summed E-state index contributed by atoms with van der Waals surface area (Å²) in [6.45, 7) is 17.9. The molecule has 17 heavy (non-hydrogen) atoms. The minimum Gasteiger partial charge on any atom is -0.119 e. The Hall–Kier alpha value is -0.430. The Balaban J connectivity index is 0.000000686. The molecule has 96 valence electrons. The topological polar surface area (TPSA) is 0 Å². The molecule has 1 aliphatic heterocycles. The molecule has 0 amide bonds. The second kappa shape index (κ2) is 4.68. The first-order valence-corrected chi connectivity index (χ1v) is 7.39. The van der Waals surface area contributed by atoms with Crippen LogP contribution in [0.2, 0.25) is 0 Å². The third-order valence-electron chi connectivity index (χ3n) is 4.19. The van der Waals surface area contributed by atoms with Gasteiger partial charge in [0.25, 0.3) is 0 Å². The van der Waals surface area contributed by atoms with E-state index in [0.29, 0.717) is 4.75 Å². The van der Waals surface area contributed by atoms with Crippen LogP contribution in [-0.2, 0) is 5.41 Å². The van der Waals surface area contributed by atoms with E-state index in [1.165, 1.54) is 16.0 Å². The lowest BCUT2D eigenvalue weighted by atomic mass is 9.73. The van der Waals surface area contributed by atoms with Crippen LogP contribution in [0.3, 0.4) is 0 Å². The number of rotatable bonds is 0. The van der Waals surface area contributed by atoms with Gasteiger partial charge in [0.05, 0.1) is 0 Å². The highest BCUT2D eigenvalue weighted by atomic mass is 32.2. The zero-order valence-electron chi connectivity index (χ0n) is 12.6. The van der Waals surface area contributed by atoms with Crippen molar-refractivity contribution in [2.75, 3.05) is 0 Å². The van der Waals surface area contributed by atoms with Crippen LogP contribution in [0.15, 0.2) is 17.0 Å². The molecule has 0 bridgehead atoms. The van der Waals surface area contributed by atoms with E-state index in [9.17, 15) is 0 Å². The first-order chi connectivity index (χ1) is 7.77. The standard InChI is InChI=1S/C14H20S.C2H6/c1-9-7-8-11-12(10(9)2)13(3,4)14(5,6)15-11;1-2/h7-8H,1-6H3;1-2H3. The molecule has 0 saturated heterocycles. The highest BCUT2D eigenvalue weighted by molar-refractivity contribution is 8.01. The summed E-state index contributed by atoms with van der Waals surface area (Å²) in [4.78, 5) is 1.48. The first kappa shape index (κ1) is 14.6. The Bertz CT molecular complexity index is 414. The van der Waals surface area contributed by atoms with Gasteiger partial charge in [-0.1, -0.05) is 33.8 Å². The molecule has 0 fully saturated rings. The van der Waals surface area contributed by atoms with E-state index in [1.807, 2.05) is 25.6 Å². The molecule has 0 aliphatic carbocycles. The monoisotopic (exact) mass is 250 g/mol. The predicted molar refractivity (Wildman–Crippen MR) is 80.2 cm³/mol. The van der Waals surface area contributed by atoms with Crippen molar-refractivity contribution in [1.82, 2.24) is 0 Å². The molecule has 0 radical (unpaired) electrons. The molecule has 1 heterocycles. The SMILES string of the molecule is CC.Cc1ccc2c(c1C)C(C)(C)C(C)(C)S2. The fourth-order valence-corrected chi connectivity index (χ4v) is 3.91. The number of aryl methyl sites for hydroxylation is 1. The molecule has 0 aromatic heterocycles. The van der Waals surface area contributed by atoms with Gasteiger partial charge in [-0.25, -0.2) is 0 Å². The predicted octanol–water partition coefficient (Wildman–Crippen LogP) is 5.49. The van der Waals surface area contributed by atoms with E-state index in [2.05, 4.69) is 53.7 Å². The number of benzene rings is 1. The largest absolute Gasteiger partial charge is 0.119 e. The summed E-state index contributed by atoms with van der Waals surface area (Å²) in [5.41, 5.74) is 4.73. The van der Waals surface area contributed by atoms with Crippen molar-refractivity contribution in [3.63, 3.8) is 0 Å². The van der Waals surface area contributed by atoms with Crippen LogP contribution in [0.5, 0.6) is 0 Å². The highest BCUT2D eigenvalue weighted by Gasteiger charge is 2.47. The van der Waals surface area contributed by atoms with Crippen molar-refractivity contribution >= 4 is 11.8 Å². The number of hydrogen-bond donors (Lipinski definition) is 0. The fourth-order valence-electron chi connectivity index (χ4n) is 2.36. The average Bonchev–Trinajstić information content (AvgIpc) is 2.43. The molecule has 0 saturated carbocycles. The number of hydrogen-bond acceptors (Lipinski definition) is 1. The van der Waals surface area contributed by atoms with E-state index in [0.717, 1.165) is 0 Å². The van der Waals surface area contributed by atoms with Crippen LogP contribution < -0.4 is 0 Å². The molecule has 1 aromatic rings. The van der Waals surface area contributed by atoms with Crippen LogP contribution >= 0.6 is 11.8 Å². The van der Waals surface area contributed by atoms with Gasteiger partial charge >= 0.3 is 0 Å². The van der Waals surface area contributed by atoms with Gasteiger partial charge in [0.2, 0.25) is 0 Å². The molecule has 1 aliphatic rings. The van der Waals surface area contributed by atoms with Crippen molar-refractivity contribution in [1.29, 1.82) is 0 Å². The normalized spacial score (nSPS) is 19.3. The maximum absolute atomic E-state index is 2.37.